The lowest BCUT2D eigenvalue weighted by atomic mass is 9.62. The minimum atomic E-state index is -3.90. The van der Waals surface area contributed by atoms with Gasteiger partial charge < -0.3 is 14.7 Å². The van der Waals surface area contributed by atoms with Gasteiger partial charge in [-0.25, -0.2) is 13.1 Å². The highest BCUT2D eigenvalue weighted by molar-refractivity contribution is 7.90. The summed E-state index contributed by atoms with van der Waals surface area (Å²) in [6.45, 7) is 7.51. The summed E-state index contributed by atoms with van der Waals surface area (Å²) in [4.78, 5) is 15.6. The maximum Gasteiger partial charge on any atom is 0.264 e. The van der Waals surface area contributed by atoms with Crippen LogP contribution in [0.3, 0.4) is 0 Å². The molecule has 3 aliphatic rings. The number of ether oxygens (including phenoxy) is 1. The number of rotatable bonds is 1. The summed E-state index contributed by atoms with van der Waals surface area (Å²) < 4.78 is 35.2. The minimum absolute atomic E-state index is 0.157. The Morgan fingerprint density at radius 2 is 1.88 bits per heavy atom. The van der Waals surface area contributed by atoms with Gasteiger partial charge in [0.25, 0.3) is 5.91 Å². The van der Waals surface area contributed by atoms with E-state index in [4.69, 9.17) is 16.3 Å². The van der Waals surface area contributed by atoms with Gasteiger partial charge in [-0.2, -0.15) is 0 Å². The van der Waals surface area contributed by atoms with Gasteiger partial charge in [0, 0.05) is 23.7 Å². The molecule has 0 spiro atoms. The second-order valence-electron chi connectivity index (χ2n) is 12.7. The summed E-state index contributed by atoms with van der Waals surface area (Å²) in [5.74, 6) is 0.385. The fraction of sp³-hybridized carbons (Fsp3) is 0.606. The standard InChI is InChI=1S/C33H45ClN2O5S/c1-4-33(38)16-7-8-22(2)23(3)42(39,40)35-32(37)25-12-15-31-30(19-25)36(20-26-11-14-29(26)33)17-6-5-9-24-18-28(34)13-10-27(24)21-41-31/h10,12-13,15,18-19,22-23,26,29,38H,4-9,11,14,16-17,20-21H2,1-3H3,(H,35,37)/t22-,23+,26-,29+,33-/m0/s1. The lowest BCUT2D eigenvalue weighted by Gasteiger charge is -2.49. The van der Waals surface area contributed by atoms with E-state index in [2.05, 4.69) is 16.5 Å². The number of hydrogen-bond acceptors (Lipinski definition) is 6. The SMILES string of the molecule is CC[C@]1(O)CCC[C@H](C)[C@@H](C)S(=O)(=O)NC(=O)c2ccc3c(c2)N(CCCCc2cc(Cl)ccc2CO3)C[C@@H]2CC[C@H]21. The number of carbonyl (C=O) groups excluding carboxylic acids is 1. The van der Waals surface area contributed by atoms with Crippen molar-refractivity contribution in [2.24, 2.45) is 17.8 Å². The maximum absolute atomic E-state index is 13.3. The first kappa shape index (κ1) is 31.1. The van der Waals surface area contributed by atoms with E-state index in [1.165, 1.54) is 5.56 Å². The van der Waals surface area contributed by atoms with Crippen LogP contribution in [0.5, 0.6) is 5.75 Å². The minimum Gasteiger partial charge on any atom is -0.487 e. The second-order valence-corrected chi connectivity index (χ2v) is 15.2. The van der Waals surface area contributed by atoms with Crippen LogP contribution < -0.4 is 14.4 Å². The molecule has 2 aliphatic heterocycles. The number of benzene rings is 2. The number of aryl methyl sites for hydroxylation is 1. The van der Waals surface area contributed by atoms with Crippen molar-refractivity contribution in [3.8, 4) is 5.75 Å². The zero-order chi connectivity index (χ0) is 30.1. The van der Waals surface area contributed by atoms with Gasteiger partial charge in [0.15, 0.2) is 0 Å². The van der Waals surface area contributed by atoms with Crippen LogP contribution in [0.1, 0.15) is 93.6 Å². The zero-order valence-corrected chi connectivity index (χ0v) is 26.6. The van der Waals surface area contributed by atoms with Crippen LogP contribution in [0.25, 0.3) is 0 Å². The van der Waals surface area contributed by atoms with Gasteiger partial charge >= 0.3 is 0 Å². The molecule has 1 saturated carbocycles. The number of hydrogen-bond donors (Lipinski definition) is 2. The molecule has 0 saturated heterocycles. The van der Waals surface area contributed by atoms with Crippen LogP contribution in [0.4, 0.5) is 5.69 Å². The Bertz CT molecular complexity index is 1400. The monoisotopic (exact) mass is 616 g/mol. The lowest BCUT2D eigenvalue weighted by molar-refractivity contribution is -0.0908. The van der Waals surface area contributed by atoms with Crippen molar-refractivity contribution >= 4 is 33.2 Å². The molecular formula is C33H45ClN2O5S. The Hall–Kier alpha value is -2.29. The van der Waals surface area contributed by atoms with Crippen molar-refractivity contribution in [1.82, 2.24) is 4.72 Å². The fourth-order valence-electron chi connectivity index (χ4n) is 7.03. The number of halogens is 1. The molecule has 42 heavy (non-hydrogen) atoms. The summed E-state index contributed by atoms with van der Waals surface area (Å²) in [5, 5.41) is 11.8. The average Bonchev–Trinajstić information content (AvgIpc) is 2.97. The molecule has 5 atom stereocenters. The van der Waals surface area contributed by atoms with Crippen LogP contribution in [0, 0.1) is 17.8 Å². The molecule has 230 valence electrons. The van der Waals surface area contributed by atoms with Gasteiger partial charge in [0.05, 0.1) is 16.5 Å². The summed E-state index contributed by atoms with van der Waals surface area (Å²) in [7, 11) is -3.90. The highest BCUT2D eigenvalue weighted by Gasteiger charge is 2.46. The van der Waals surface area contributed by atoms with E-state index in [9.17, 15) is 18.3 Å². The normalized spacial score (nSPS) is 30.4. The lowest BCUT2D eigenvalue weighted by Crippen LogP contribution is -2.50. The summed E-state index contributed by atoms with van der Waals surface area (Å²) in [6.07, 6.45) is 7.59. The Morgan fingerprint density at radius 3 is 2.62 bits per heavy atom. The molecule has 2 bridgehead atoms. The Morgan fingerprint density at radius 1 is 1.07 bits per heavy atom. The molecule has 1 fully saturated rings. The smallest absolute Gasteiger partial charge is 0.264 e. The van der Waals surface area contributed by atoms with E-state index in [1.807, 2.05) is 25.1 Å². The third-order valence-electron chi connectivity index (χ3n) is 10.2. The molecule has 2 N–H and O–H groups in total. The number of anilines is 1. The van der Waals surface area contributed by atoms with Crippen molar-refractivity contribution in [3.63, 3.8) is 0 Å². The number of amides is 1. The summed E-state index contributed by atoms with van der Waals surface area (Å²) in [6, 6.07) is 11.1. The van der Waals surface area contributed by atoms with Gasteiger partial charge in [-0.1, -0.05) is 37.9 Å². The second kappa shape index (κ2) is 12.7. The molecular weight excluding hydrogens is 572 g/mol. The number of carbonyl (C=O) groups is 1. The van der Waals surface area contributed by atoms with E-state index >= 15 is 0 Å². The molecule has 1 aliphatic carbocycles. The molecule has 0 radical (unpaired) electrons. The predicted molar refractivity (Wildman–Crippen MR) is 168 cm³/mol. The van der Waals surface area contributed by atoms with Crippen molar-refractivity contribution in [1.29, 1.82) is 0 Å². The molecule has 7 nitrogen and oxygen atoms in total. The number of nitrogens with zero attached hydrogens (tertiary/aromatic N) is 1. The number of fused-ring (bicyclic) bond motifs is 3. The van der Waals surface area contributed by atoms with Crippen LogP contribution in [0.2, 0.25) is 5.02 Å². The topological polar surface area (TPSA) is 95.9 Å². The third-order valence-corrected chi connectivity index (χ3v) is 12.4. The van der Waals surface area contributed by atoms with E-state index in [-0.39, 0.29) is 17.4 Å². The van der Waals surface area contributed by atoms with Crippen LogP contribution in [0.15, 0.2) is 36.4 Å². The highest BCUT2D eigenvalue weighted by Crippen LogP contribution is 2.47. The highest BCUT2D eigenvalue weighted by atomic mass is 35.5. The molecule has 9 heteroatoms. The van der Waals surface area contributed by atoms with Crippen LogP contribution in [-0.2, 0) is 23.1 Å². The Labute approximate surface area is 256 Å². The zero-order valence-electron chi connectivity index (χ0n) is 25.1. The fourth-order valence-corrected chi connectivity index (χ4v) is 8.54. The van der Waals surface area contributed by atoms with Gasteiger partial charge in [-0.15, -0.1) is 0 Å². The maximum atomic E-state index is 13.3. The van der Waals surface area contributed by atoms with E-state index in [1.54, 1.807) is 25.1 Å². The molecule has 5 rings (SSSR count). The van der Waals surface area contributed by atoms with Gasteiger partial charge in [-0.3, -0.25) is 4.79 Å². The molecule has 1 amide bonds. The third kappa shape index (κ3) is 6.61. The van der Waals surface area contributed by atoms with E-state index in [0.717, 1.165) is 62.9 Å². The number of nitrogens with one attached hydrogen (secondary N) is 1. The quantitative estimate of drug-likeness (QED) is 0.380. The first-order valence-electron chi connectivity index (χ1n) is 15.6. The van der Waals surface area contributed by atoms with E-state index in [0.29, 0.717) is 42.6 Å². The van der Waals surface area contributed by atoms with E-state index < -0.39 is 26.8 Å². The molecule has 2 aromatic rings. The molecule has 0 aromatic heterocycles. The van der Waals surface area contributed by atoms with Gasteiger partial charge in [-0.05, 0) is 118 Å². The van der Waals surface area contributed by atoms with Crippen molar-refractivity contribution in [3.05, 3.63) is 58.1 Å². The van der Waals surface area contributed by atoms with Gasteiger partial charge in [0.2, 0.25) is 10.0 Å². The first-order chi connectivity index (χ1) is 20.0. The Kier molecular flexibility index (Phi) is 9.45. The molecule has 2 aromatic carbocycles. The summed E-state index contributed by atoms with van der Waals surface area (Å²) >= 11 is 6.32. The van der Waals surface area contributed by atoms with Crippen molar-refractivity contribution < 1.29 is 23.1 Å². The van der Waals surface area contributed by atoms with Gasteiger partial charge in [0.1, 0.15) is 12.4 Å². The molecule has 2 heterocycles. The predicted octanol–water partition coefficient (Wildman–Crippen LogP) is 6.50. The molecule has 0 unspecified atom stereocenters. The number of sulfonamides is 1. The van der Waals surface area contributed by atoms with Crippen LogP contribution in [-0.4, -0.2) is 43.4 Å². The number of aliphatic hydroxyl groups is 1. The summed E-state index contributed by atoms with van der Waals surface area (Å²) in [5.41, 5.74) is 2.56. The Balaban J connectivity index is 1.55. The first-order valence-corrected chi connectivity index (χ1v) is 17.5. The van der Waals surface area contributed by atoms with Crippen molar-refractivity contribution in [2.45, 2.75) is 96.0 Å². The van der Waals surface area contributed by atoms with Crippen molar-refractivity contribution in [2.75, 3.05) is 18.0 Å². The average molecular weight is 617 g/mol. The van der Waals surface area contributed by atoms with Crippen LogP contribution >= 0.6 is 11.6 Å². The largest absolute Gasteiger partial charge is 0.487 e.